The van der Waals surface area contributed by atoms with Crippen molar-refractivity contribution in [1.82, 2.24) is 0 Å². The molecule has 2 aromatic carbocycles. The summed E-state index contributed by atoms with van der Waals surface area (Å²) in [5, 5.41) is 2.49. The fourth-order valence-corrected chi connectivity index (χ4v) is 2.08. The largest absolute Gasteiger partial charge is 0.394 e. The minimum Gasteiger partial charge on any atom is -0.264 e. The zero-order valence-electron chi connectivity index (χ0n) is 9.16. The van der Waals surface area contributed by atoms with Crippen LogP contribution in [-0.4, -0.2) is 45.5 Å². The van der Waals surface area contributed by atoms with E-state index in [0.29, 0.717) is 0 Å². The van der Waals surface area contributed by atoms with Gasteiger partial charge in [0.15, 0.2) is 0 Å². The number of nitrogens with two attached hydrogens (primary N) is 1. The van der Waals surface area contributed by atoms with Gasteiger partial charge in [0.1, 0.15) is 0 Å². The van der Waals surface area contributed by atoms with E-state index >= 15 is 0 Å². The normalized spacial score (nSPS) is 10.8. The second kappa shape index (κ2) is 5.81. The van der Waals surface area contributed by atoms with Crippen molar-refractivity contribution >= 4 is 57.6 Å². The third-order valence-electron chi connectivity index (χ3n) is 2.18. The van der Waals surface area contributed by atoms with Crippen LogP contribution in [0.4, 0.5) is 5.69 Å². The number of benzene rings is 2. The molecule has 0 aromatic heterocycles. The average molecular weight is 263 g/mol. The van der Waals surface area contributed by atoms with Crippen LogP contribution in [0.2, 0.25) is 0 Å². The molecular formula is C10H10NNaO4S. The van der Waals surface area contributed by atoms with E-state index in [0.717, 1.165) is 33.6 Å². The van der Waals surface area contributed by atoms with Gasteiger partial charge in [-0.2, -0.15) is 8.42 Å². The van der Waals surface area contributed by atoms with Crippen molar-refractivity contribution in [2.45, 2.75) is 0 Å². The molecule has 0 radical (unpaired) electrons. The Morgan fingerprint density at radius 2 is 1.47 bits per heavy atom. The molecule has 86 valence electrons. The Balaban J connectivity index is 0.000000249. The first-order chi connectivity index (χ1) is 7.79. The first kappa shape index (κ1) is 14.4. The molecule has 0 saturated carbocycles. The first-order valence-electron chi connectivity index (χ1n) is 4.73. The molecule has 0 unspecified atom stereocenters. The summed E-state index contributed by atoms with van der Waals surface area (Å²) >= 11 is 1.08. The van der Waals surface area contributed by atoms with Gasteiger partial charge in [0.05, 0.1) is 0 Å². The maximum absolute atomic E-state index is 8.74. The van der Waals surface area contributed by atoms with Gasteiger partial charge in [-0.1, -0.05) is 0 Å². The number of anilines is 1. The molecule has 7 heteroatoms. The van der Waals surface area contributed by atoms with E-state index in [1.54, 1.807) is 0 Å². The Morgan fingerprint density at radius 3 is 1.94 bits per heavy atom. The number of nitrogen functional groups attached to an aromatic ring is 1. The molecule has 0 atom stereocenters. The predicted molar refractivity (Wildman–Crippen MR) is 67.9 cm³/mol. The first-order valence-corrected chi connectivity index (χ1v) is 7.12. The van der Waals surface area contributed by atoms with Crippen molar-refractivity contribution in [2.75, 3.05) is 5.73 Å². The van der Waals surface area contributed by atoms with Crippen LogP contribution in [0, 0.1) is 0 Å². The Bertz CT molecular complexity index is 579. The van der Waals surface area contributed by atoms with E-state index in [1.807, 2.05) is 12.1 Å². The molecule has 0 spiro atoms. The maximum Gasteiger partial charge on any atom is 0.394 e. The van der Waals surface area contributed by atoms with Gasteiger partial charge in [-0.3, -0.25) is 9.11 Å². The second-order valence-corrected chi connectivity index (χ2v) is 5.44. The quantitative estimate of drug-likeness (QED) is 0.366. The smallest absolute Gasteiger partial charge is 0.264 e. The summed E-state index contributed by atoms with van der Waals surface area (Å²) in [7, 11) is -4.67. The summed E-state index contributed by atoms with van der Waals surface area (Å²) in [5.74, 6) is 0. The molecule has 0 amide bonds. The van der Waals surface area contributed by atoms with Gasteiger partial charge in [-0.25, -0.2) is 0 Å². The van der Waals surface area contributed by atoms with Gasteiger partial charge in [0.25, 0.3) is 0 Å². The van der Waals surface area contributed by atoms with E-state index in [2.05, 4.69) is 24.3 Å². The Morgan fingerprint density at radius 1 is 1.00 bits per heavy atom. The van der Waals surface area contributed by atoms with Gasteiger partial charge < -0.3 is 0 Å². The van der Waals surface area contributed by atoms with E-state index < -0.39 is 10.4 Å². The zero-order chi connectivity index (χ0) is 13.1. The van der Waals surface area contributed by atoms with Crippen molar-refractivity contribution in [2.24, 2.45) is 0 Å². The average Bonchev–Trinajstić information content (AvgIpc) is 2.22. The molecule has 5 nitrogen and oxygen atoms in total. The van der Waals surface area contributed by atoms with Crippen LogP contribution >= 0.6 is 0 Å². The standard InChI is InChI=1S/C10H8N.Na.H2O4S/c11-10-7-3-5-8-4-1-2-6-9(8)10;;1-5(2,3)4/h1-4,6-7H,11H2;;(H2,1,2,3,4). The summed E-state index contributed by atoms with van der Waals surface area (Å²) < 4.78 is 33.0. The molecule has 0 saturated heterocycles. The van der Waals surface area contributed by atoms with Crippen molar-refractivity contribution in [1.29, 1.82) is 0 Å². The third-order valence-corrected chi connectivity index (χ3v) is 3.05. The molecular weight excluding hydrogens is 253 g/mol. The number of hydrogen-bond acceptors (Lipinski definition) is 3. The van der Waals surface area contributed by atoms with Gasteiger partial charge in [-0.15, -0.1) is 0 Å². The van der Waals surface area contributed by atoms with Crippen LogP contribution in [0.25, 0.3) is 10.8 Å². The number of fused-ring (bicyclic) bond motifs is 1. The van der Waals surface area contributed by atoms with E-state index in [4.69, 9.17) is 23.3 Å². The number of hydrogen-bond donors (Lipinski definition) is 3. The van der Waals surface area contributed by atoms with Crippen LogP contribution in [0.5, 0.6) is 0 Å². The molecule has 0 bridgehead atoms. The van der Waals surface area contributed by atoms with Crippen LogP contribution in [-0.2, 0) is 10.4 Å². The monoisotopic (exact) mass is 263 g/mol. The summed E-state index contributed by atoms with van der Waals surface area (Å²) in [6, 6.07) is 12.4. The number of rotatable bonds is 0. The summed E-state index contributed by atoms with van der Waals surface area (Å²) in [5.41, 5.74) is 6.72. The molecule has 2 rings (SSSR count). The van der Waals surface area contributed by atoms with Crippen molar-refractivity contribution < 1.29 is 17.5 Å². The molecule has 4 N–H and O–H groups in total. The second-order valence-electron chi connectivity index (χ2n) is 3.47. The molecule has 0 aliphatic heterocycles. The molecule has 2 aromatic rings. The Labute approximate surface area is 117 Å². The third kappa shape index (κ3) is 5.03. The summed E-state index contributed by atoms with van der Waals surface area (Å²) in [6.07, 6.45) is 0. The Hall–Kier alpha value is -0.630. The fourth-order valence-electron chi connectivity index (χ4n) is 1.47. The van der Waals surface area contributed by atoms with Gasteiger partial charge >= 0.3 is 99.7 Å². The SMILES string of the molecule is Nc1cc[c]([Na])c2ccccc12.O=S(=O)(O)O. The minimum absolute atomic E-state index is 0.880. The minimum atomic E-state index is -4.67. The summed E-state index contributed by atoms with van der Waals surface area (Å²) in [4.78, 5) is 0. The topological polar surface area (TPSA) is 101 Å². The molecule has 0 aliphatic carbocycles. The van der Waals surface area contributed by atoms with Gasteiger partial charge in [0.2, 0.25) is 0 Å². The Kier molecular flexibility index (Phi) is 4.93. The summed E-state index contributed by atoms with van der Waals surface area (Å²) in [6.45, 7) is 0. The van der Waals surface area contributed by atoms with E-state index in [9.17, 15) is 0 Å². The molecule has 0 aliphatic rings. The van der Waals surface area contributed by atoms with Gasteiger partial charge in [0, 0.05) is 0 Å². The van der Waals surface area contributed by atoms with Crippen molar-refractivity contribution in [3.63, 3.8) is 0 Å². The predicted octanol–water partition coefficient (Wildman–Crippen LogP) is 0.563. The van der Waals surface area contributed by atoms with Crippen molar-refractivity contribution in [3.8, 4) is 0 Å². The zero-order valence-corrected chi connectivity index (χ0v) is 12.0. The van der Waals surface area contributed by atoms with Gasteiger partial charge in [-0.05, 0) is 0 Å². The van der Waals surface area contributed by atoms with E-state index in [-0.39, 0.29) is 0 Å². The van der Waals surface area contributed by atoms with Crippen LogP contribution < -0.4 is 8.55 Å². The molecule has 0 heterocycles. The van der Waals surface area contributed by atoms with Crippen LogP contribution in [0.3, 0.4) is 0 Å². The van der Waals surface area contributed by atoms with Crippen LogP contribution in [0.15, 0.2) is 36.4 Å². The van der Waals surface area contributed by atoms with Crippen LogP contribution in [0.1, 0.15) is 0 Å². The van der Waals surface area contributed by atoms with E-state index in [1.165, 1.54) is 13.6 Å². The molecule has 0 fully saturated rings. The molecule has 17 heavy (non-hydrogen) atoms. The van der Waals surface area contributed by atoms with Crippen molar-refractivity contribution in [3.05, 3.63) is 36.4 Å². The maximum atomic E-state index is 8.74. The fraction of sp³-hybridized carbons (Fsp3) is 0.